The average Bonchev–Trinajstić information content (AvgIpc) is 2.98. The van der Waals surface area contributed by atoms with Crippen LogP contribution >= 0.6 is 11.8 Å². The Labute approximate surface area is 143 Å². The van der Waals surface area contributed by atoms with Gasteiger partial charge in [-0.15, -0.1) is 11.8 Å². The van der Waals surface area contributed by atoms with Crippen molar-refractivity contribution in [2.75, 3.05) is 11.1 Å². The molecule has 3 nitrogen and oxygen atoms in total. The number of hydrogen-bond acceptors (Lipinski definition) is 3. The van der Waals surface area contributed by atoms with Crippen molar-refractivity contribution in [2.24, 2.45) is 0 Å². The highest BCUT2D eigenvalue weighted by Crippen LogP contribution is 2.30. The lowest BCUT2D eigenvalue weighted by molar-refractivity contribution is -0.113. The van der Waals surface area contributed by atoms with Gasteiger partial charge in [0.1, 0.15) is 11.2 Å². The number of amides is 1. The van der Waals surface area contributed by atoms with Crippen LogP contribution in [-0.2, 0) is 4.79 Å². The standard InChI is InChI=1S/C20H15NO2S/c22-20(13-24-15-6-2-1-3-7-15)21-14-10-11-17-16-8-4-5-9-18(16)23-19(17)12-14/h1-12H,13H2,(H,21,22). The second-order valence-corrected chi connectivity index (χ2v) is 6.51. The Balaban J connectivity index is 1.50. The number of fused-ring (bicyclic) bond motifs is 3. The van der Waals surface area contributed by atoms with Gasteiger partial charge in [-0.25, -0.2) is 0 Å². The Kier molecular flexibility index (Phi) is 3.97. The number of carbonyl (C=O) groups is 1. The summed E-state index contributed by atoms with van der Waals surface area (Å²) in [6, 6.07) is 23.6. The lowest BCUT2D eigenvalue weighted by Gasteiger charge is -2.05. The van der Waals surface area contributed by atoms with Crippen molar-refractivity contribution >= 4 is 45.3 Å². The lowest BCUT2D eigenvalue weighted by Crippen LogP contribution is -2.13. The van der Waals surface area contributed by atoms with E-state index >= 15 is 0 Å². The SMILES string of the molecule is O=C(CSc1ccccc1)Nc1ccc2c(c1)oc1ccccc12. The van der Waals surface area contributed by atoms with Crippen LogP contribution in [0.15, 0.2) is 82.1 Å². The predicted octanol–water partition coefficient (Wildman–Crippen LogP) is 5.32. The molecule has 0 radical (unpaired) electrons. The second kappa shape index (κ2) is 6.42. The normalized spacial score (nSPS) is 11.0. The zero-order valence-electron chi connectivity index (χ0n) is 12.9. The van der Waals surface area contributed by atoms with E-state index < -0.39 is 0 Å². The third kappa shape index (κ3) is 3.01. The van der Waals surface area contributed by atoms with Crippen molar-refractivity contribution in [3.05, 3.63) is 72.8 Å². The van der Waals surface area contributed by atoms with Gasteiger partial charge in [-0.3, -0.25) is 4.79 Å². The van der Waals surface area contributed by atoms with Crippen LogP contribution in [0.25, 0.3) is 21.9 Å². The summed E-state index contributed by atoms with van der Waals surface area (Å²) in [7, 11) is 0. The topological polar surface area (TPSA) is 42.2 Å². The summed E-state index contributed by atoms with van der Waals surface area (Å²) < 4.78 is 5.85. The Bertz CT molecular complexity index is 1010. The molecule has 0 unspecified atom stereocenters. The molecule has 4 heteroatoms. The van der Waals surface area contributed by atoms with Crippen LogP contribution in [0.2, 0.25) is 0 Å². The van der Waals surface area contributed by atoms with Crippen molar-refractivity contribution in [3.63, 3.8) is 0 Å². The van der Waals surface area contributed by atoms with Crippen LogP contribution in [0.1, 0.15) is 0 Å². The molecule has 0 aliphatic rings. The van der Waals surface area contributed by atoms with Crippen LogP contribution in [0.3, 0.4) is 0 Å². The maximum atomic E-state index is 12.1. The van der Waals surface area contributed by atoms with Gasteiger partial charge in [-0.1, -0.05) is 36.4 Å². The van der Waals surface area contributed by atoms with Crippen LogP contribution in [-0.4, -0.2) is 11.7 Å². The minimum absolute atomic E-state index is 0.0284. The molecule has 4 rings (SSSR count). The average molecular weight is 333 g/mol. The number of rotatable bonds is 4. The van der Waals surface area contributed by atoms with Crippen molar-refractivity contribution in [3.8, 4) is 0 Å². The van der Waals surface area contributed by atoms with Crippen LogP contribution in [0.5, 0.6) is 0 Å². The van der Waals surface area contributed by atoms with Crippen molar-refractivity contribution < 1.29 is 9.21 Å². The first kappa shape index (κ1) is 14.8. The fourth-order valence-corrected chi connectivity index (χ4v) is 3.39. The summed E-state index contributed by atoms with van der Waals surface area (Å²) in [5, 5.41) is 5.07. The lowest BCUT2D eigenvalue weighted by atomic mass is 10.1. The molecule has 0 bridgehead atoms. The Morgan fingerprint density at radius 3 is 2.50 bits per heavy atom. The second-order valence-electron chi connectivity index (χ2n) is 5.46. The fraction of sp³-hybridized carbons (Fsp3) is 0.0500. The van der Waals surface area contributed by atoms with Crippen molar-refractivity contribution in [2.45, 2.75) is 4.90 Å². The number of hydrogen-bond donors (Lipinski definition) is 1. The van der Waals surface area contributed by atoms with Gasteiger partial charge in [-0.05, 0) is 30.3 Å². The molecule has 118 valence electrons. The molecule has 1 aromatic heterocycles. The number of nitrogens with one attached hydrogen (secondary N) is 1. The first-order chi connectivity index (χ1) is 11.8. The maximum Gasteiger partial charge on any atom is 0.234 e. The molecule has 0 atom stereocenters. The molecular formula is C20H15NO2S. The summed E-state index contributed by atoms with van der Waals surface area (Å²) >= 11 is 1.52. The molecule has 1 amide bonds. The molecule has 0 spiro atoms. The molecule has 0 saturated heterocycles. The number of benzene rings is 3. The van der Waals surface area contributed by atoms with E-state index in [1.165, 1.54) is 11.8 Å². The Morgan fingerprint density at radius 2 is 1.62 bits per heavy atom. The molecular weight excluding hydrogens is 318 g/mol. The monoisotopic (exact) mass is 333 g/mol. The zero-order valence-corrected chi connectivity index (χ0v) is 13.7. The van der Waals surface area contributed by atoms with E-state index in [1.807, 2.05) is 72.8 Å². The number of para-hydroxylation sites is 1. The molecule has 24 heavy (non-hydrogen) atoms. The summed E-state index contributed by atoms with van der Waals surface area (Å²) in [6.07, 6.45) is 0. The molecule has 0 saturated carbocycles. The van der Waals surface area contributed by atoms with E-state index in [9.17, 15) is 4.79 Å². The van der Waals surface area contributed by atoms with E-state index in [0.29, 0.717) is 5.75 Å². The molecule has 3 aromatic carbocycles. The van der Waals surface area contributed by atoms with E-state index in [4.69, 9.17) is 4.42 Å². The highest BCUT2D eigenvalue weighted by molar-refractivity contribution is 8.00. The van der Waals surface area contributed by atoms with Gasteiger partial charge in [0, 0.05) is 27.4 Å². The molecule has 1 heterocycles. The molecule has 4 aromatic rings. The molecule has 0 fully saturated rings. The minimum atomic E-state index is -0.0284. The first-order valence-electron chi connectivity index (χ1n) is 7.68. The summed E-state index contributed by atoms with van der Waals surface area (Å²) in [5.41, 5.74) is 2.39. The third-order valence-corrected chi connectivity index (χ3v) is 4.79. The van der Waals surface area contributed by atoms with Gasteiger partial charge in [0.25, 0.3) is 0 Å². The minimum Gasteiger partial charge on any atom is -0.456 e. The van der Waals surface area contributed by atoms with Gasteiger partial charge in [0.15, 0.2) is 0 Å². The number of anilines is 1. The van der Waals surface area contributed by atoms with Crippen LogP contribution in [0, 0.1) is 0 Å². The highest BCUT2D eigenvalue weighted by atomic mass is 32.2. The first-order valence-corrected chi connectivity index (χ1v) is 8.67. The van der Waals surface area contributed by atoms with Crippen LogP contribution in [0.4, 0.5) is 5.69 Å². The van der Waals surface area contributed by atoms with Gasteiger partial charge >= 0.3 is 0 Å². The van der Waals surface area contributed by atoms with Gasteiger partial charge in [0.2, 0.25) is 5.91 Å². The largest absolute Gasteiger partial charge is 0.456 e. The Hall–Kier alpha value is -2.72. The predicted molar refractivity (Wildman–Crippen MR) is 99.5 cm³/mol. The number of carbonyl (C=O) groups excluding carboxylic acids is 1. The van der Waals surface area contributed by atoms with Crippen molar-refractivity contribution in [1.29, 1.82) is 0 Å². The maximum absolute atomic E-state index is 12.1. The smallest absolute Gasteiger partial charge is 0.234 e. The van der Waals surface area contributed by atoms with Gasteiger partial charge in [0.05, 0.1) is 5.75 Å². The fourth-order valence-electron chi connectivity index (χ4n) is 2.67. The summed E-state index contributed by atoms with van der Waals surface area (Å²) in [6.45, 7) is 0. The van der Waals surface area contributed by atoms with Gasteiger partial charge < -0.3 is 9.73 Å². The molecule has 0 aliphatic heterocycles. The van der Waals surface area contributed by atoms with Crippen molar-refractivity contribution in [1.82, 2.24) is 0 Å². The summed E-state index contributed by atoms with van der Waals surface area (Å²) in [4.78, 5) is 13.2. The summed E-state index contributed by atoms with van der Waals surface area (Å²) in [5.74, 6) is 0.349. The van der Waals surface area contributed by atoms with E-state index in [-0.39, 0.29) is 5.91 Å². The zero-order chi connectivity index (χ0) is 16.4. The quantitative estimate of drug-likeness (QED) is 0.514. The number of furan rings is 1. The third-order valence-electron chi connectivity index (χ3n) is 3.78. The molecule has 0 aliphatic carbocycles. The van der Waals surface area contributed by atoms with Gasteiger partial charge in [-0.2, -0.15) is 0 Å². The van der Waals surface area contributed by atoms with Crippen LogP contribution < -0.4 is 5.32 Å². The number of thioether (sulfide) groups is 1. The highest BCUT2D eigenvalue weighted by Gasteiger charge is 2.09. The van der Waals surface area contributed by atoms with E-state index in [1.54, 1.807) is 0 Å². The van der Waals surface area contributed by atoms with E-state index in [0.717, 1.165) is 32.5 Å². The van der Waals surface area contributed by atoms with E-state index in [2.05, 4.69) is 5.32 Å². The Morgan fingerprint density at radius 1 is 0.875 bits per heavy atom. The molecule has 1 N–H and O–H groups in total.